The summed E-state index contributed by atoms with van der Waals surface area (Å²) in [7, 11) is 0. The van der Waals surface area contributed by atoms with Gasteiger partial charge >= 0.3 is 0 Å². The number of halogens is 1. The molecule has 2 rings (SSSR count). The number of benzene rings is 1. The van der Waals surface area contributed by atoms with Crippen LogP contribution in [-0.2, 0) is 4.79 Å². The zero-order chi connectivity index (χ0) is 15.2. The second-order valence-corrected chi connectivity index (χ2v) is 6.64. The fourth-order valence-electron chi connectivity index (χ4n) is 1.59. The third kappa shape index (κ3) is 4.99. The van der Waals surface area contributed by atoms with Crippen molar-refractivity contribution in [3.63, 3.8) is 0 Å². The van der Waals surface area contributed by atoms with Crippen molar-refractivity contribution in [1.82, 2.24) is 5.43 Å². The molecule has 1 N–H and O–H groups in total. The second kappa shape index (κ2) is 7.38. The number of carbonyl (C=O) groups is 1. The molecule has 0 unspecified atom stereocenters. The fourth-order valence-corrected chi connectivity index (χ4v) is 2.95. The summed E-state index contributed by atoms with van der Waals surface area (Å²) in [4.78, 5) is 13.8. The molecule has 0 saturated heterocycles. The molecule has 1 aromatic carbocycles. The van der Waals surface area contributed by atoms with Crippen molar-refractivity contribution in [2.24, 2.45) is 5.10 Å². The molecule has 0 radical (unpaired) electrons. The van der Waals surface area contributed by atoms with Crippen LogP contribution in [0, 0.1) is 13.8 Å². The zero-order valence-corrected chi connectivity index (χ0v) is 14.1. The van der Waals surface area contributed by atoms with Crippen molar-refractivity contribution in [3.8, 4) is 5.75 Å². The molecule has 0 aliphatic carbocycles. The summed E-state index contributed by atoms with van der Waals surface area (Å²) in [5.74, 6) is 0.334. The number of nitrogens with zero attached hydrogens (tertiary/aromatic N) is 1. The number of ether oxygens (including phenoxy) is 1. The number of nitrogens with one attached hydrogen (secondary N) is 1. The number of hydrogen-bond acceptors (Lipinski definition) is 4. The van der Waals surface area contributed by atoms with Crippen LogP contribution in [0.4, 0.5) is 0 Å². The highest BCUT2D eigenvalue weighted by Gasteiger charge is 2.05. The maximum atomic E-state index is 11.6. The molecule has 0 aliphatic rings. The van der Waals surface area contributed by atoms with Crippen LogP contribution in [0.3, 0.4) is 0 Å². The molecule has 4 nitrogen and oxygen atoms in total. The van der Waals surface area contributed by atoms with E-state index in [9.17, 15) is 4.79 Å². The monoisotopic (exact) mass is 366 g/mol. The van der Waals surface area contributed by atoms with Gasteiger partial charge in [0.1, 0.15) is 5.75 Å². The van der Waals surface area contributed by atoms with Gasteiger partial charge in [-0.15, -0.1) is 11.3 Å². The van der Waals surface area contributed by atoms with Crippen LogP contribution in [0.1, 0.15) is 15.3 Å². The van der Waals surface area contributed by atoms with Crippen LogP contribution < -0.4 is 10.2 Å². The van der Waals surface area contributed by atoms with Gasteiger partial charge in [-0.2, -0.15) is 5.10 Å². The molecule has 1 amide bonds. The molecule has 110 valence electrons. The number of thiophene rings is 1. The van der Waals surface area contributed by atoms with Gasteiger partial charge in [0.05, 0.1) is 10.7 Å². The number of rotatable bonds is 5. The Bertz CT molecular complexity index is 667. The predicted molar refractivity (Wildman–Crippen MR) is 89.2 cm³/mol. The van der Waals surface area contributed by atoms with Crippen LogP contribution in [0.5, 0.6) is 5.75 Å². The molecule has 21 heavy (non-hydrogen) atoms. The molecule has 0 atom stereocenters. The van der Waals surface area contributed by atoms with Gasteiger partial charge in [0.25, 0.3) is 5.91 Å². The maximum absolute atomic E-state index is 11.6. The van der Waals surface area contributed by atoms with E-state index >= 15 is 0 Å². The smallest absolute Gasteiger partial charge is 0.277 e. The first-order valence-electron chi connectivity index (χ1n) is 6.32. The highest BCUT2D eigenvalue weighted by molar-refractivity contribution is 9.10. The van der Waals surface area contributed by atoms with Crippen LogP contribution >= 0.6 is 27.3 Å². The van der Waals surface area contributed by atoms with Crippen molar-refractivity contribution in [1.29, 1.82) is 0 Å². The van der Waals surface area contributed by atoms with E-state index in [1.807, 2.05) is 44.2 Å². The first kappa shape index (κ1) is 15.7. The number of amides is 1. The third-order valence-electron chi connectivity index (χ3n) is 2.59. The SMILES string of the molecule is Cc1ccc(OCC(=O)NN=Cc2ccc(C)s2)c(Br)c1. The quantitative estimate of drug-likeness (QED) is 0.648. The molecule has 0 saturated carbocycles. The van der Waals surface area contributed by atoms with E-state index in [4.69, 9.17) is 4.74 Å². The number of hydrazone groups is 1. The summed E-state index contributed by atoms with van der Waals surface area (Å²) in [6.07, 6.45) is 1.62. The zero-order valence-electron chi connectivity index (χ0n) is 11.7. The topological polar surface area (TPSA) is 50.7 Å². The summed E-state index contributed by atoms with van der Waals surface area (Å²) in [5, 5.41) is 3.90. The molecular formula is C15H15BrN2O2S. The lowest BCUT2D eigenvalue weighted by atomic mass is 10.2. The van der Waals surface area contributed by atoms with Gasteiger partial charge < -0.3 is 4.74 Å². The predicted octanol–water partition coefficient (Wildman–Crippen LogP) is 3.66. The van der Waals surface area contributed by atoms with E-state index in [1.165, 1.54) is 4.88 Å². The summed E-state index contributed by atoms with van der Waals surface area (Å²) in [6.45, 7) is 3.93. The molecule has 6 heteroatoms. The Labute approximate surface area is 136 Å². The van der Waals surface area contributed by atoms with Crippen LogP contribution in [-0.4, -0.2) is 18.7 Å². The Morgan fingerprint density at radius 3 is 2.86 bits per heavy atom. The highest BCUT2D eigenvalue weighted by Crippen LogP contribution is 2.25. The summed E-state index contributed by atoms with van der Waals surface area (Å²) in [5.41, 5.74) is 3.56. The van der Waals surface area contributed by atoms with E-state index in [0.29, 0.717) is 5.75 Å². The highest BCUT2D eigenvalue weighted by atomic mass is 79.9. The fraction of sp³-hybridized carbons (Fsp3) is 0.200. The van der Waals surface area contributed by atoms with Crippen molar-refractivity contribution in [2.45, 2.75) is 13.8 Å². The molecule has 1 heterocycles. The molecule has 0 spiro atoms. The van der Waals surface area contributed by atoms with Crippen molar-refractivity contribution >= 4 is 39.4 Å². The molecule has 1 aromatic heterocycles. The Hall–Kier alpha value is -1.66. The summed E-state index contributed by atoms with van der Waals surface area (Å²) < 4.78 is 6.26. The van der Waals surface area contributed by atoms with Gasteiger partial charge in [0.2, 0.25) is 0 Å². The average molecular weight is 367 g/mol. The van der Waals surface area contributed by atoms with Gasteiger partial charge in [-0.1, -0.05) is 6.07 Å². The van der Waals surface area contributed by atoms with E-state index in [-0.39, 0.29) is 12.5 Å². The van der Waals surface area contributed by atoms with Crippen molar-refractivity contribution in [2.75, 3.05) is 6.61 Å². The van der Waals surface area contributed by atoms with E-state index < -0.39 is 0 Å². The Morgan fingerprint density at radius 2 is 2.19 bits per heavy atom. The molecule has 0 bridgehead atoms. The van der Waals surface area contributed by atoms with Gasteiger partial charge in [-0.05, 0) is 59.6 Å². The van der Waals surface area contributed by atoms with Crippen molar-refractivity contribution < 1.29 is 9.53 Å². The molecule has 0 aliphatic heterocycles. The van der Waals surface area contributed by atoms with E-state index in [0.717, 1.165) is 14.9 Å². The standard InChI is InChI=1S/C15H15BrN2O2S/c1-10-3-6-14(13(16)7-10)20-9-15(19)18-17-8-12-5-4-11(2)21-12/h3-8H,9H2,1-2H3,(H,18,19). The minimum Gasteiger partial charge on any atom is -0.483 e. The van der Waals surface area contributed by atoms with Gasteiger partial charge in [0.15, 0.2) is 6.61 Å². The molecular weight excluding hydrogens is 352 g/mol. The van der Waals surface area contributed by atoms with Crippen LogP contribution in [0.25, 0.3) is 0 Å². The first-order valence-corrected chi connectivity index (χ1v) is 7.93. The van der Waals surface area contributed by atoms with Gasteiger partial charge in [0, 0.05) is 9.75 Å². The lowest BCUT2D eigenvalue weighted by molar-refractivity contribution is -0.123. The Balaban J connectivity index is 1.81. The number of hydrogen-bond donors (Lipinski definition) is 1. The lowest BCUT2D eigenvalue weighted by Gasteiger charge is -2.07. The van der Waals surface area contributed by atoms with Gasteiger partial charge in [-0.3, -0.25) is 4.79 Å². The Morgan fingerprint density at radius 1 is 1.38 bits per heavy atom. The van der Waals surface area contributed by atoms with Crippen molar-refractivity contribution in [3.05, 3.63) is 50.1 Å². The average Bonchev–Trinajstić information content (AvgIpc) is 2.83. The minimum absolute atomic E-state index is 0.0809. The maximum Gasteiger partial charge on any atom is 0.277 e. The lowest BCUT2D eigenvalue weighted by Crippen LogP contribution is -2.24. The first-order chi connectivity index (χ1) is 10.0. The third-order valence-corrected chi connectivity index (χ3v) is 4.14. The summed E-state index contributed by atoms with van der Waals surface area (Å²) >= 11 is 5.01. The van der Waals surface area contributed by atoms with Crippen LogP contribution in [0.15, 0.2) is 39.9 Å². The normalized spacial score (nSPS) is 10.8. The largest absolute Gasteiger partial charge is 0.483 e. The van der Waals surface area contributed by atoms with E-state index in [1.54, 1.807) is 17.6 Å². The van der Waals surface area contributed by atoms with Gasteiger partial charge in [-0.25, -0.2) is 5.43 Å². The van der Waals surface area contributed by atoms with E-state index in [2.05, 4.69) is 26.5 Å². The second-order valence-electron chi connectivity index (χ2n) is 4.46. The minimum atomic E-state index is -0.299. The summed E-state index contributed by atoms with van der Waals surface area (Å²) in [6, 6.07) is 9.64. The number of carbonyl (C=O) groups excluding carboxylic acids is 1. The molecule has 2 aromatic rings. The molecule has 0 fully saturated rings. The number of aryl methyl sites for hydroxylation is 2. The van der Waals surface area contributed by atoms with Crippen LogP contribution in [0.2, 0.25) is 0 Å². The Kier molecular flexibility index (Phi) is 5.52.